The number of aliphatic carboxylic acids is 4. The Morgan fingerprint density at radius 3 is 0.825 bits per heavy atom. The molecule has 0 bridgehead atoms. The van der Waals surface area contributed by atoms with Crippen molar-refractivity contribution in [3.63, 3.8) is 0 Å². The van der Waals surface area contributed by atoms with Gasteiger partial charge < -0.3 is 20.4 Å². The summed E-state index contributed by atoms with van der Waals surface area (Å²) in [6.07, 6.45) is 17.7. The van der Waals surface area contributed by atoms with E-state index in [9.17, 15) is 39.6 Å². The van der Waals surface area contributed by atoms with Gasteiger partial charge in [-0.2, -0.15) is 0 Å². The van der Waals surface area contributed by atoms with Crippen LogP contribution >= 0.6 is 0 Å². The molecule has 0 saturated carbocycles. The van der Waals surface area contributed by atoms with Crippen molar-refractivity contribution in [3.8, 4) is 0 Å². The van der Waals surface area contributed by atoms with Crippen LogP contribution in [-0.4, -0.2) is 44.3 Å². The molecule has 0 aliphatic rings. The Morgan fingerprint density at radius 1 is 0.400 bits per heavy atom. The molecule has 40 heavy (non-hydrogen) atoms. The molecule has 0 aromatic heterocycles. The summed E-state index contributed by atoms with van der Waals surface area (Å²) in [5.41, 5.74) is -4.38. The van der Waals surface area contributed by atoms with Gasteiger partial charge in [0.25, 0.3) is 0 Å². The monoisotopic (exact) mass is 570 g/mol. The summed E-state index contributed by atoms with van der Waals surface area (Å²) in [6, 6.07) is 0. The second-order valence-corrected chi connectivity index (χ2v) is 11.8. The molecule has 0 aliphatic heterocycles. The lowest BCUT2D eigenvalue weighted by Gasteiger charge is -2.44. The molecule has 0 aromatic carbocycles. The molecule has 0 amide bonds. The van der Waals surface area contributed by atoms with Gasteiger partial charge in [-0.05, 0) is 12.8 Å². The van der Waals surface area contributed by atoms with Gasteiger partial charge in [0.1, 0.15) is 0 Å². The Kier molecular flexibility index (Phi) is 21.4. The van der Waals surface area contributed by atoms with Gasteiger partial charge >= 0.3 is 23.9 Å². The van der Waals surface area contributed by atoms with Crippen LogP contribution in [0.2, 0.25) is 0 Å². The Bertz CT molecular complexity index is 662. The van der Waals surface area contributed by atoms with Crippen molar-refractivity contribution in [1.29, 1.82) is 0 Å². The average Bonchev–Trinajstić information content (AvgIpc) is 2.88. The van der Waals surface area contributed by atoms with Gasteiger partial charge in [0.05, 0.1) is 23.7 Å². The fourth-order valence-electron chi connectivity index (χ4n) is 6.11. The summed E-state index contributed by atoms with van der Waals surface area (Å²) >= 11 is 0. The highest BCUT2D eigenvalue weighted by atomic mass is 16.4. The van der Waals surface area contributed by atoms with Crippen molar-refractivity contribution in [2.24, 2.45) is 10.8 Å². The number of rotatable bonds is 29. The second-order valence-electron chi connectivity index (χ2n) is 11.8. The normalized spacial score (nSPS) is 14.3. The molecule has 0 spiro atoms. The predicted molar refractivity (Wildman–Crippen MR) is 158 cm³/mol. The molecule has 0 saturated heterocycles. The summed E-state index contributed by atoms with van der Waals surface area (Å²) in [7, 11) is 0. The molecule has 4 N–H and O–H groups in total. The first-order valence-electron chi connectivity index (χ1n) is 16.0. The van der Waals surface area contributed by atoms with Crippen LogP contribution in [0.3, 0.4) is 0 Å². The summed E-state index contributed by atoms with van der Waals surface area (Å²) in [6.45, 7) is 4.35. The molecule has 0 rings (SSSR count). The van der Waals surface area contributed by atoms with Gasteiger partial charge in [0.2, 0.25) is 0 Å². The van der Waals surface area contributed by atoms with E-state index in [0.717, 1.165) is 51.4 Å². The zero-order chi connectivity index (χ0) is 30.3. The summed E-state index contributed by atoms with van der Waals surface area (Å²) in [5, 5.41) is 40.1. The number of carbonyl (C=O) groups is 4. The van der Waals surface area contributed by atoms with Crippen LogP contribution in [-0.2, 0) is 19.2 Å². The highest BCUT2D eigenvalue weighted by Crippen LogP contribution is 2.53. The third-order valence-electron chi connectivity index (χ3n) is 8.56. The Balaban J connectivity index is 5.37. The van der Waals surface area contributed by atoms with Crippen molar-refractivity contribution in [1.82, 2.24) is 0 Å². The van der Waals surface area contributed by atoms with Gasteiger partial charge in [-0.25, -0.2) is 0 Å². The van der Waals surface area contributed by atoms with Crippen molar-refractivity contribution in [2.45, 2.75) is 168 Å². The SMILES string of the molecule is CCCCCCCCCCCCC(CC(=O)O)(C(=O)O)C(CCCCCCCCCCCC)(CC(=O)O)C(=O)O. The lowest BCUT2D eigenvalue weighted by molar-refractivity contribution is -0.184. The maximum Gasteiger partial charge on any atom is 0.311 e. The molecule has 0 aliphatic carbocycles. The van der Waals surface area contributed by atoms with Crippen LogP contribution in [0.4, 0.5) is 0 Å². The number of unbranched alkanes of at least 4 members (excludes halogenated alkanes) is 18. The van der Waals surface area contributed by atoms with E-state index < -0.39 is 47.5 Å². The quantitative estimate of drug-likeness (QED) is 0.0652. The molecular formula is C32H58O8. The average molecular weight is 571 g/mol. The Morgan fingerprint density at radius 2 is 0.625 bits per heavy atom. The van der Waals surface area contributed by atoms with Crippen molar-refractivity contribution < 1.29 is 39.6 Å². The van der Waals surface area contributed by atoms with Crippen molar-refractivity contribution in [2.75, 3.05) is 0 Å². The predicted octanol–water partition coefficient (Wildman–Crippen LogP) is 8.70. The van der Waals surface area contributed by atoms with Crippen molar-refractivity contribution >= 4 is 23.9 Å². The topological polar surface area (TPSA) is 149 Å². The molecular weight excluding hydrogens is 512 g/mol. The van der Waals surface area contributed by atoms with Gasteiger partial charge in [-0.15, -0.1) is 0 Å². The minimum absolute atomic E-state index is 0.164. The van der Waals surface area contributed by atoms with E-state index in [1.807, 2.05) is 0 Å². The van der Waals surface area contributed by atoms with Crippen LogP contribution in [0, 0.1) is 10.8 Å². The van der Waals surface area contributed by atoms with E-state index >= 15 is 0 Å². The minimum Gasteiger partial charge on any atom is -0.481 e. The largest absolute Gasteiger partial charge is 0.481 e. The summed E-state index contributed by atoms with van der Waals surface area (Å²) in [5.74, 6) is -5.90. The Labute approximate surface area is 242 Å². The summed E-state index contributed by atoms with van der Waals surface area (Å²) < 4.78 is 0. The van der Waals surface area contributed by atoms with Gasteiger partial charge in [0.15, 0.2) is 0 Å². The number of carboxylic acid groups (broad SMARTS) is 4. The van der Waals surface area contributed by atoms with E-state index in [1.165, 1.54) is 51.4 Å². The molecule has 8 heteroatoms. The first-order valence-corrected chi connectivity index (χ1v) is 16.0. The zero-order valence-electron chi connectivity index (χ0n) is 25.4. The first kappa shape index (κ1) is 37.9. The maximum atomic E-state index is 12.7. The molecule has 0 radical (unpaired) electrons. The van der Waals surface area contributed by atoms with E-state index in [2.05, 4.69) is 13.8 Å². The first-order chi connectivity index (χ1) is 19.1. The highest BCUT2D eigenvalue weighted by Gasteiger charge is 2.62. The molecule has 234 valence electrons. The number of hydrogen-bond acceptors (Lipinski definition) is 4. The molecule has 2 atom stereocenters. The lowest BCUT2D eigenvalue weighted by Crippen LogP contribution is -2.55. The van der Waals surface area contributed by atoms with E-state index in [1.54, 1.807) is 0 Å². The molecule has 0 fully saturated rings. The van der Waals surface area contributed by atoms with Crippen LogP contribution in [0.25, 0.3) is 0 Å². The fourth-order valence-corrected chi connectivity index (χ4v) is 6.11. The second kappa shape index (κ2) is 22.6. The molecule has 2 unspecified atom stereocenters. The number of carboxylic acids is 4. The van der Waals surface area contributed by atoms with E-state index in [4.69, 9.17) is 0 Å². The summed E-state index contributed by atoms with van der Waals surface area (Å²) in [4.78, 5) is 49.3. The lowest BCUT2D eigenvalue weighted by atomic mass is 9.55. The van der Waals surface area contributed by atoms with Crippen LogP contribution in [0.1, 0.15) is 168 Å². The van der Waals surface area contributed by atoms with E-state index in [-0.39, 0.29) is 12.8 Å². The third kappa shape index (κ3) is 14.5. The van der Waals surface area contributed by atoms with Gasteiger partial charge in [-0.1, -0.05) is 142 Å². The fraction of sp³-hybridized carbons (Fsp3) is 0.875. The molecule has 0 aromatic rings. The Hall–Kier alpha value is -2.12. The molecule has 0 heterocycles. The third-order valence-corrected chi connectivity index (χ3v) is 8.56. The smallest absolute Gasteiger partial charge is 0.311 e. The minimum atomic E-state index is -2.19. The van der Waals surface area contributed by atoms with Gasteiger partial charge in [-0.3, -0.25) is 19.2 Å². The zero-order valence-corrected chi connectivity index (χ0v) is 25.4. The standard InChI is InChI=1S/C32H58O8/c1-3-5-7-9-11-13-15-17-19-21-23-31(29(37)38,25-27(33)34)32(30(39)40,26-28(35)36)24-22-20-18-16-14-12-10-8-6-4-2/h3-26H2,1-2H3,(H,33,34)(H,35,36)(H,37,38)(H,39,40). The van der Waals surface area contributed by atoms with Crippen molar-refractivity contribution in [3.05, 3.63) is 0 Å². The van der Waals surface area contributed by atoms with Crippen LogP contribution in [0.5, 0.6) is 0 Å². The number of hydrogen-bond donors (Lipinski definition) is 4. The molecule has 8 nitrogen and oxygen atoms in total. The van der Waals surface area contributed by atoms with E-state index in [0.29, 0.717) is 25.7 Å². The maximum absolute atomic E-state index is 12.7. The van der Waals surface area contributed by atoms with Crippen LogP contribution < -0.4 is 0 Å². The highest BCUT2D eigenvalue weighted by molar-refractivity contribution is 5.92. The van der Waals surface area contributed by atoms with Crippen LogP contribution in [0.15, 0.2) is 0 Å². The van der Waals surface area contributed by atoms with Gasteiger partial charge in [0, 0.05) is 0 Å².